The lowest BCUT2D eigenvalue weighted by molar-refractivity contribution is -0.192. The number of ketones is 1. The smallest absolute Gasteiger partial charge is 0.327 e. The van der Waals surface area contributed by atoms with Gasteiger partial charge in [0.2, 0.25) is 5.41 Å². The molecule has 1 aliphatic heterocycles. The summed E-state index contributed by atoms with van der Waals surface area (Å²) < 4.78 is 17.9. The van der Waals surface area contributed by atoms with E-state index in [-0.39, 0.29) is 19.0 Å². The second kappa shape index (κ2) is 10.1. The van der Waals surface area contributed by atoms with Gasteiger partial charge in [-0.2, -0.15) is 0 Å². The van der Waals surface area contributed by atoms with Crippen LogP contribution in [0.5, 0.6) is 0 Å². The van der Waals surface area contributed by atoms with Crippen LogP contribution >= 0.6 is 0 Å². The zero-order valence-corrected chi connectivity index (χ0v) is 19.8. The number of carbonyl (C=O) groups is 3. The van der Waals surface area contributed by atoms with Gasteiger partial charge in [-0.05, 0) is 32.3 Å². The lowest BCUT2D eigenvalue weighted by Gasteiger charge is -2.44. The second-order valence-electron chi connectivity index (χ2n) is 8.96. The van der Waals surface area contributed by atoms with Gasteiger partial charge in [0.1, 0.15) is 0 Å². The quantitative estimate of drug-likeness (QED) is 0.323. The van der Waals surface area contributed by atoms with Crippen molar-refractivity contribution in [3.05, 3.63) is 71.8 Å². The predicted octanol–water partition coefficient (Wildman–Crippen LogP) is 5.07. The minimum Gasteiger partial charge on any atom is -0.465 e. The molecule has 1 saturated heterocycles. The number of esters is 2. The van der Waals surface area contributed by atoms with Crippen LogP contribution in [0.1, 0.15) is 68.0 Å². The molecule has 34 heavy (non-hydrogen) atoms. The number of carbonyl (C=O) groups excluding carboxylic acids is 3. The molecule has 2 aliphatic rings. The standard InChI is InChI=1S/C28H32O6/c1-3-32-25(30)28(26(31)33-4-2)22(23(29)20-14-8-5-9-15-20)24(21-16-10-6-11-17-21)34-27(28)18-12-7-13-19-27/h5-6,8-11,14-17,22,24H,3-4,7,12-13,18-19H2,1-2H3/t22-,24-/m1/s1. The first-order valence-electron chi connectivity index (χ1n) is 12.2. The molecule has 6 nitrogen and oxygen atoms in total. The Morgan fingerprint density at radius 3 is 1.88 bits per heavy atom. The summed E-state index contributed by atoms with van der Waals surface area (Å²) in [6.07, 6.45) is 2.71. The Morgan fingerprint density at radius 1 is 0.824 bits per heavy atom. The van der Waals surface area contributed by atoms with E-state index in [0.29, 0.717) is 18.4 Å². The van der Waals surface area contributed by atoms with Gasteiger partial charge in [0.25, 0.3) is 0 Å². The van der Waals surface area contributed by atoms with Gasteiger partial charge in [-0.1, -0.05) is 79.9 Å². The number of benzene rings is 2. The van der Waals surface area contributed by atoms with Crippen LogP contribution < -0.4 is 0 Å². The van der Waals surface area contributed by atoms with Crippen molar-refractivity contribution in [2.45, 2.75) is 57.7 Å². The molecule has 4 rings (SSSR count). The molecular weight excluding hydrogens is 432 g/mol. The molecule has 0 bridgehead atoms. The van der Waals surface area contributed by atoms with Crippen LogP contribution in [0.4, 0.5) is 0 Å². The SMILES string of the molecule is CCOC(=O)C1(C(=O)OCC)[C@H](C(=O)c2ccccc2)[C@@H](c2ccccc2)OC12CCCCC2. The van der Waals surface area contributed by atoms with Crippen LogP contribution in [0.3, 0.4) is 0 Å². The van der Waals surface area contributed by atoms with E-state index in [9.17, 15) is 14.4 Å². The van der Waals surface area contributed by atoms with E-state index in [2.05, 4.69) is 0 Å². The van der Waals surface area contributed by atoms with E-state index in [1.54, 1.807) is 38.1 Å². The molecule has 2 aromatic carbocycles. The van der Waals surface area contributed by atoms with Crippen molar-refractivity contribution in [2.24, 2.45) is 11.3 Å². The van der Waals surface area contributed by atoms with Gasteiger partial charge in [0.05, 0.1) is 30.8 Å². The maximum absolute atomic E-state index is 14.2. The van der Waals surface area contributed by atoms with Gasteiger partial charge in [0, 0.05) is 5.56 Å². The van der Waals surface area contributed by atoms with E-state index in [4.69, 9.17) is 14.2 Å². The predicted molar refractivity (Wildman–Crippen MR) is 126 cm³/mol. The molecule has 0 aromatic heterocycles. The van der Waals surface area contributed by atoms with Crippen LogP contribution in [0.2, 0.25) is 0 Å². The van der Waals surface area contributed by atoms with Crippen LogP contribution in [-0.2, 0) is 23.8 Å². The molecule has 2 aromatic rings. The highest BCUT2D eigenvalue weighted by molar-refractivity contribution is 6.11. The molecule has 1 heterocycles. The maximum Gasteiger partial charge on any atom is 0.327 e. The monoisotopic (exact) mass is 464 g/mol. The van der Waals surface area contributed by atoms with Crippen LogP contribution in [0.15, 0.2) is 60.7 Å². The number of ether oxygens (including phenoxy) is 3. The van der Waals surface area contributed by atoms with Crippen molar-refractivity contribution in [3.8, 4) is 0 Å². The summed E-state index contributed by atoms with van der Waals surface area (Å²) in [6.45, 7) is 3.56. The molecule has 1 spiro atoms. The minimum atomic E-state index is -1.90. The Hall–Kier alpha value is -2.99. The lowest BCUT2D eigenvalue weighted by Crippen LogP contribution is -2.61. The van der Waals surface area contributed by atoms with Gasteiger partial charge in [-0.25, -0.2) is 0 Å². The molecule has 0 unspecified atom stereocenters. The summed E-state index contributed by atoms with van der Waals surface area (Å²) in [7, 11) is 0. The van der Waals surface area contributed by atoms with Crippen molar-refractivity contribution in [2.75, 3.05) is 13.2 Å². The normalized spacial score (nSPS) is 22.8. The summed E-state index contributed by atoms with van der Waals surface area (Å²) in [6, 6.07) is 18.1. The highest BCUT2D eigenvalue weighted by atomic mass is 16.6. The highest BCUT2D eigenvalue weighted by Gasteiger charge is 2.76. The Morgan fingerprint density at radius 2 is 1.35 bits per heavy atom. The summed E-state index contributed by atoms with van der Waals surface area (Å²) in [5.41, 5.74) is -1.91. The summed E-state index contributed by atoms with van der Waals surface area (Å²) in [5, 5.41) is 0. The first-order chi connectivity index (χ1) is 16.5. The van der Waals surface area contributed by atoms with Crippen LogP contribution in [0.25, 0.3) is 0 Å². The van der Waals surface area contributed by atoms with E-state index in [0.717, 1.165) is 24.8 Å². The molecule has 6 heteroatoms. The lowest BCUT2D eigenvalue weighted by atomic mass is 9.58. The van der Waals surface area contributed by atoms with E-state index in [1.807, 2.05) is 36.4 Å². The summed E-state index contributed by atoms with van der Waals surface area (Å²) in [4.78, 5) is 42.0. The molecule has 2 fully saturated rings. The second-order valence-corrected chi connectivity index (χ2v) is 8.96. The Balaban J connectivity index is 2.00. The van der Waals surface area contributed by atoms with Crippen molar-refractivity contribution in [1.29, 1.82) is 0 Å². The number of hydrogen-bond donors (Lipinski definition) is 0. The first-order valence-corrected chi connectivity index (χ1v) is 12.2. The van der Waals surface area contributed by atoms with Crippen molar-refractivity contribution in [1.82, 2.24) is 0 Å². The molecule has 180 valence electrons. The van der Waals surface area contributed by atoms with E-state index < -0.39 is 35.0 Å². The Bertz CT molecular complexity index is 992. The number of Topliss-reactive ketones (excluding diaryl/α,β-unsaturated/α-hetero) is 1. The third-order valence-corrected chi connectivity index (χ3v) is 7.17. The van der Waals surface area contributed by atoms with Crippen LogP contribution in [0, 0.1) is 11.3 Å². The fourth-order valence-electron chi connectivity index (χ4n) is 5.77. The molecule has 0 N–H and O–H groups in total. The minimum absolute atomic E-state index is 0.0817. The van der Waals surface area contributed by atoms with Crippen molar-refractivity contribution >= 4 is 17.7 Å². The Kier molecular flexibility index (Phi) is 7.17. The van der Waals surface area contributed by atoms with Crippen molar-refractivity contribution < 1.29 is 28.6 Å². The third-order valence-electron chi connectivity index (χ3n) is 7.17. The maximum atomic E-state index is 14.2. The van der Waals surface area contributed by atoms with Gasteiger partial charge in [-0.15, -0.1) is 0 Å². The first kappa shape index (κ1) is 24.1. The van der Waals surface area contributed by atoms with E-state index in [1.165, 1.54) is 0 Å². The summed E-state index contributed by atoms with van der Waals surface area (Å²) >= 11 is 0. The van der Waals surface area contributed by atoms with Gasteiger partial charge in [0.15, 0.2) is 5.78 Å². The topological polar surface area (TPSA) is 78.9 Å². The number of rotatable bonds is 7. The zero-order valence-electron chi connectivity index (χ0n) is 19.8. The van der Waals surface area contributed by atoms with E-state index >= 15 is 0 Å². The average Bonchev–Trinajstić information content (AvgIpc) is 3.16. The molecule has 1 saturated carbocycles. The molecule has 0 radical (unpaired) electrons. The fraction of sp³-hybridized carbons (Fsp3) is 0.464. The molecule has 1 aliphatic carbocycles. The van der Waals surface area contributed by atoms with Crippen LogP contribution in [-0.4, -0.2) is 36.5 Å². The molecule has 0 amide bonds. The Labute approximate surface area is 200 Å². The van der Waals surface area contributed by atoms with Crippen molar-refractivity contribution in [3.63, 3.8) is 0 Å². The zero-order chi connectivity index (χ0) is 24.2. The van der Waals surface area contributed by atoms with Gasteiger partial charge < -0.3 is 14.2 Å². The van der Waals surface area contributed by atoms with Gasteiger partial charge >= 0.3 is 11.9 Å². The highest BCUT2D eigenvalue weighted by Crippen LogP contribution is 2.63. The summed E-state index contributed by atoms with van der Waals surface area (Å²) in [5.74, 6) is -2.90. The number of hydrogen-bond acceptors (Lipinski definition) is 6. The average molecular weight is 465 g/mol. The molecular formula is C28H32O6. The largest absolute Gasteiger partial charge is 0.465 e. The molecule has 2 atom stereocenters. The van der Waals surface area contributed by atoms with Gasteiger partial charge in [-0.3, -0.25) is 14.4 Å². The third kappa shape index (κ3) is 3.84. The fourth-order valence-corrected chi connectivity index (χ4v) is 5.77.